The molecule has 3 aromatic carbocycles. The molecule has 0 heterocycles. The lowest BCUT2D eigenvalue weighted by Gasteiger charge is -2.09. The van der Waals surface area contributed by atoms with Gasteiger partial charge >= 0.3 is 0 Å². The Balaban J connectivity index is 2.08. The Morgan fingerprint density at radius 3 is 2.30 bits per heavy atom. The van der Waals surface area contributed by atoms with Crippen LogP contribution in [-0.2, 0) is 6.42 Å². The van der Waals surface area contributed by atoms with E-state index in [1.165, 1.54) is 16.3 Å². The quantitative estimate of drug-likeness (QED) is 0.698. The van der Waals surface area contributed by atoms with Crippen molar-refractivity contribution in [1.82, 2.24) is 0 Å². The first-order valence-corrected chi connectivity index (χ1v) is 6.98. The second kappa shape index (κ2) is 5.51. The summed E-state index contributed by atoms with van der Waals surface area (Å²) >= 11 is 3.96. The van der Waals surface area contributed by atoms with E-state index in [9.17, 15) is 4.79 Å². The zero-order valence-corrected chi connectivity index (χ0v) is 11.8. The lowest BCUT2D eigenvalue weighted by molar-refractivity contribution is 0.109. The van der Waals surface area contributed by atoms with Crippen LogP contribution in [0.5, 0.6) is 0 Å². The van der Waals surface area contributed by atoms with Crippen LogP contribution in [0, 0.1) is 0 Å². The second-order valence-corrected chi connectivity index (χ2v) is 5.18. The third-order valence-corrected chi connectivity index (χ3v) is 3.75. The van der Waals surface area contributed by atoms with E-state index in [1.54, 1.807) is 0 Å². The van der Waals surface area contributed by atoms with Crippen molar-refractivity contribution in [2.75, 3.05) is 0 Å². The summed E-state index contributed by atoms with van der Waals surface area (Å²) in [5.74, 6) is 0. The van der Waals surface area contributed by atoms with Gasteiger partial charge in [-0.2, -0.15) is 0 Å². The minimum Gasteiger partial charge on any atom is -0.282 e. The van der Waals surface area contributed by atoms with E-state index in [1.807, 2.05) is 36.4 Å². The van der Waals surface area contributed by atoms with Crippen molar-refractivity contribution in [2.45, 2.75) is 6.42 Å². The van der Waals surface area contributed by atoms with Crippen LogP contribution in [0.4, 0.5) is 0 Å². The Hall–Kier alpha value is -2.06. The molecule has 0 saturated heterocycles. The van der Waals surface area contributed by atoms with E-state index >= 15 is 0 Å². The molecule has 0 unspecified atom stereocenters. The number of thiol groups is 1. The lowest BCUT2D eigenvalue weighted by atomic mass is 9.96. The van der Waals surface area contributed by atoms with E-state index in [-0.39, 0.29) is 5.12 Å². The SMILES string of the molecule is O=C(S)c1ccccc1Cc1cccc2ccccc12. The minimum atomic E-state index is -0.180. The van der Waals surface area contributed by atoms with Gasteiger partial charge in [0.15, 0.2) is 0 Å². The van der Waals surface area contributed by atoms with Gasteiger partial charge in [-0.25, -0.2) is 0 Å². The van der Waals surface area contributed by atoms with Crippen molar-refractivity contribution < 1.29 is 4.79 Å². The molecule has 0 saturated carbocycles. The van der Waals surface area contributed by atoms with Crippen LogP contribution in [-0.4, -0.2) is 5.12 Å². The van der Waals surface area contributed by atoms with Gasteiger partial charge in [-0.1, -0.05) is 66.7 Å². The summed E-state index contributed by atoms with van der Waals surface area (Å²) in [4.78, 5) is 11.6. The molecule has 0 fully saturated rings. The fourth-order valence-corrected chi connectivity index (χ4v) is 2.75. The van der Waals surface area contributed by atoms with Gasteiger partial charge in [0.1, 0.15) is 0 Å². The third-order valence-electron chi connectivity index (χ3n) is 3.51. The summed E-state index contributed by atoms with van der Waals surface area (Å²) in [6, 6.07) is 22.2. The molecular weight excluding hydrogens is 264 g/mol. The number of benzene rings is 3. The fraction of sp³-hybridized carbons (Fsp3) is 0.0556. The molecule has 98 valence electrons. The number of fused-ring (bicyclic) bond motifs is 1. The highest BCUT2D eigenvalue weighted by Crippen LogP contribution is 2.23. The molecule has 3 aromatic rings. The minimum absolute atomic E-state index is 0.180. The summed E-state index contributed by atoms with van der Waals surface area (Å²) in [7, 11) is 0. The maximum atomic E-state index is 11.6. The first-order valence-electron chi connectivity index (χ1n) is 6.53. The Labute approximate surface area is 123 Å². The van der Waals surface area contributed by atoms with Crippen LogP contribution in [0.25, 0.3) is 10.8 Å². The van der Waals surface area contributed by atoms with Gasteiger partial charge < -0.3 is 0 Å². The zero-order valence-electron chi connectivity index (χ0n) is 10.9. The van der Waals surface area contributed by atoms with Crippen molar-refractivity contribution in [3.63, 3.8) is 0 Å². The molecule has 0 aliphatic heterocycles. The van der Waals surface area contributed by atoms with Crippen molar-refractivity contribution in [3.8, 4) is 0 Å². The average molecular weight is 278 g/mol. The number of carbonyl (C=O) groups excluding carboxylic acids is 1. The van der Waals surface area contributed by atoms with Crippen molar-refractivity contribution in [1.29, 1.82) is 0 Å². The van der Waals surface area contributed by atoms with Crippen LogP contribution in [0.2, 0.25) is 0 Å². The molecule has 0 amide bonds. The van der Waals surface area contributed by atoms with E-state index in [0.717, 1.165) is 12.0 Å². The maximum absolute atomic E-state index is 11.6. The number of carbonyl (C=O) groups is 1. The molecule has 0 spiro atoms. The summed E-state index contributed by atoms with van der Waals surface area (Å²) in [6.45, 7) is 0. The second-order valence-electron chi connectivity index (χ2n) is 4.78. The van der Waals surface area contributed by atoms with Gasteiger partial charge in [-0.05, 0) is 28.3 Å². The molecule has 0 aliphatic rings. The molecule has 0 radical (unpaired) electrons. The standard InChI is InChI=1S/C18H14OS/c19-18(20)17-11-4-2-7-15(17)12-14-9-5-8-13-6-1-3-10-16(13)14/h1-11H,12H2,(H,19,20). The van der Waals surface area contributed by atoms with Crippen LogP contribution in [0.1, 0.15) is 21.5 Å². The number of rotatable bonds is 3. The van der Waals surface area contributed by atoms with Crippen LogP contribution in [0.3, 0.4) is 0 Å². The van der Waals surface area contributed by atoms with E-state index < -0.39 is 0 Å². The first-order chi connectivity index (χ1) is 9.75. The molecule has 20 heavy (non-hydrogen) atoms. The molecular formula is C18H14OS. The first kappa shape index (κ1) is 12.9. The lowest BCUT2D eigenvalue weighted by Crippen LogP contribution is -1.99. The molecule has 0 bridgehead atoms. The van der Waals surface area contributed by atoms with Gasteiger partial charge in [0.25, 0.3) is 0 Å². The van der Waals surface area contributed by atoms with Crippen LogP contribution >= 0.6 is 12.6 Å². The van der Waals surface area contributed by atoms with Crippen molar-refractivity contribution in [2.24, 2.45) is 0 Å². The van der Waals surface area contributed by atoms with Crippen LogP contribution in [0.15, 0.2) is 66.7 Å². The predicted molar refractivity (Wildman–Crippen MR) is 86.5 cm³/mol. The fourth-order valence-electron chi connectivity index (χ4n) is 2.53. The number of hydrogen-bond donors (Lipinski definition) is 1. The Kier molecular flexibility index (Phi) is 3.57. The van der Waals surface area contributed by atoms with Gasteiger partial charge in [-0.3, -0.25) is 4.79 Å². The van der Waals surface area contributed by atoms with Gasteiger partial charge in [0.05, 0.1) is 0 Å². The van der Waals surface area contributed by atoms with Crippen molar-refractivity contribution >= 4 is 28.5 Å². The summed E-state index contributed by atoms with van der Waals surface area (Å²) in [6.07, 6.45) is 0.740. The zero-order chi connectivity index (χ0) is 13.9. The highest BCUT2D eigenvalue weighted by molar-refractivity contribution is 7.97. The molecule has 3 rings (SSSR count). The topological polar surface area (TPSA) is 17.1 Å². The molecule has 1 nitrogen and oxygen atoms in total. The Bertz CT molecular complexity index is 772. The molecule has 0 aromatic heterocycles. The van der Waals surface area contributed by atoms with Gasteiger partial charge in [0, 0.05) is 5.56 Å². The van der Waals surface area contributed by atoms with Crippen molar-refractivity contribution in [3.05, 3.63) is 83.4 Å². The smallest absolute Gasteiger partial charge is 0.216 e. The normalized spacial score (nSPS) is 10.7. The van der Waals surface area contributed by atoms with E-state index in [0.29, 0.717) is 5.56 Å². The van der Waals surface area contributed by atoms with E-state index in [2.05, 4.69) is 43.0 Å². The Morgan fingerprint density at radius 1 is 0.800 bits per heavy atom. The van der Waals surface area contributed by atoms with Gasteiger partial charge in [-0.15, -0.1) is 12.6 Å². The summed E-state index contributed by atoms with van der Waals surface area (Å²) in [5.41, 5.74) is 2.93. The summed E-state index contributed by atoms with van der Waals surface area (Å²) < 4.78 is 0. The monoisotopic (exact) mass is 278 g/mol. The maximum Gasteiger partial charge on any atom is 0.216 e. The molecule has 0 atom stereocenters. The molecule has 0 aliphatic carbocycles. The highest BCUT2D eigenvalue weighted by atomic mass is 32.1. The third kappa shape index (κ3) is 2.47. The largest absolute Gasteiger partial charge is 0.282 e. The summed E-state index contributed by atoms with van der Waals surface area (Å²) in [5, 5.41) is 2.27. The van der Waals surface area contributed by atoms with Gasteiger partial charge in [0.2, 0.25) is 5.12 Å². The highest BCUT2D eigenvalue weighted by Gasteiger charge is 2.09. The van der Waals surface area contributed by atoms with Crippen LogP contribution < -0.4 is 0 Å². The predicted octanol–water partition coefficient (Wildman–Crippen LogP) is 4.50. The average Bonchev–Trinajstić information content (AvgIpc) is 2.48. The van der Waals surface area contributed by atoms with E-state index in [4.69, 9.17) is 0 Å². The molecule has 0 N–H and O–H groups in total. The Morgan fingerprint density at radius 2 is 1.45 bits per heavy atom. The number of hydrogen-bond acceptors (Lipinski definition) is 1. The molecule has 2 heteroatoms.